The van der Waals surface area contributed by atoms with Gasteiger partial charge in [-0.3, -0.25) is 4.79 Å². The molecule has 1 unspecified atom stereocenters. The van der Waals surface area contributed by atoms with E-state index in [2.05, 4.69) is 29.6 Å². The van der Waals surface area contributed by atoms with Gasteiger partial charge in [-0.05, 0) is 53.9 Å². The fourth-order valence-corrected chi connectivity index (χ4v) is 5.34. The summed E-state index contributed by atoms with van der Waals surface area (Å²) in [5.74, 6) is -0.975. The van der Waals surface area contributed by atoms with Gasteiger partial charge < -0.3 is 20.1 Å². The molecule has 7 nitrogen and oxygen atoms in total. The zero-order chi connectivity index (χ0) is 23.7. The maximum Gasteiger partial charge on any atom is 0.407 e. The van der Waals surface area contributed by atoms with Crippen molar-refractivity contribution in [2.45, 2.75) is 56.5 Å². The summed E-state index contributed by atoms with van der Waals surface area (Å²) in [6, 6.07) is 14.7. The van der Waals surface area contributed by atoms with E-state index in [1.807, 2.05) is 24.3 Å². The van der Waals surface area contributed by atoms with Crippen molar-refractivity contribution in [3.05, 3.63) is 59.7 Å². The number of nitrogens with one attached hydrogen (secondary N) is 1. The molecule has 1 saturated carbocycles. The van der Waals surface area contributed by atoms with Crippen LogP contribution in [0.4, 0.5) is 4.79 Å². The Balaban J connectivity index is 1.27. The van der Waals surface area contributed by atoms with Crippen LogP contribution >= 0.6 is 0 Å². The zero-order valence-electron chi connectivity index (χ0n) is 19.1. The lowest BCUT2D eigenvalue weighted by atomic mass is 9.98. The Bertz CT molecular complexity index is 1050. The highest BCUT2D eigenvalue weighted by molar-refractivity contribution is 5.89. The van der Waals surface area contributed by atoms with Crippen LogP contribution in [0.25, 0.3) is 11.1 Å². The van der Waals surface area contributed by atoms with Crippen LogP contribution in [0.15, 0.2) is 48.5 Å². The molecule has 2 N–H and O–H groups in total. The van der Waals surface area contributed by atoms with Crippen LogP contribution in [-0.4, -0.2) is 53.2 Å². The molecule has 0 spiro atoms. The fraction of sp³-hybridized carbons (Fsp3) is 0.444. The summed E-state index contributed by atoms with van der Waals surface area (Å²) in [7, 11) is 0. The summed E-state index contributed by atoms with van der Waals surface area (Å²) in [6.45, 7) is 0.578. The van der Waals surface area contributed by atoms with Crippen molar-refractivity contribution in [1.82, 2.24) is 10.2 Å². The molecule has 7 heteroatoms. The molecule has 0 aromatic heterocycles. The number of benzene rings is 2. The van der Waals surface area contributed by atoms with Gasteiger partial charge in [-0.1, -0.05) is 61.4 Å². The van der Waals surface area contributed by atoms with Crippen LogP contribution in [0.1, 0.15) is 55.6 Å². The summed E-state index contributed by atoms with van der Waals surface area (Å²) >= 11 is 0. The number of likely N-dealkylation sites (tertiary alicyclic amines) is 1. The number of ether oxygens (including phenoxy) is 1. The smallest absolute Gasteiger partial charge is 0.407 e. The van der Waals surface area contributed by atoms with Gasteiger partial charge in [0.25, 0.3) is 0 Å². The first-order valence-corrected chi connectivity index (χ1v) is 12.2. The number of carboxylic acid groups (broad SMARTS) is 1. The molecule has 1 saturated heterocycles. The van der Waals surface area contributed by atoms with Gasteiger partial charge in [0.2, 0.25) is 5.91 Å². The topological polar surface area (TPSA) is 95.9 Å². The van der Waals surface area contributed by atoms with Gasteiger partial charge >= 0.3 is 12.1 Å². The normalized spacial score (nSPS) is 20.2. The summed E-state index contributed by atoms with van der Waals surface area (Å²) < 4.78 is 5.65. The number of aliphatic carboxylic acids is 1. The Morgan fingerprint density at radius 3 is 2.24 bits per heavy atom. The fourth-order valence-electron chi connectivity index (χ4n) is 5.34. The Kier molecular flexibility index (Phi) is 6.26. The van der Waals surface area contributed by atoms with Crippen LogP contribution in [0, 0.1) is 5.92 Å². The summed E-state index contributed by atoms with van der Waals surface area (Å²) in [5, 5.41) is 12.3. The number of nitrogens with zero attached hydrogens (tertiary/aromatic N) is 1. The quantitative estimate of drug-likeness (QED) is 0.644. The van der Waals surface area contributed by atoms with Gasteiger partial charge in [0, 0.05) is 12.5 Å². The minimum Gasteiger partial charge on any atom is -0.480 e. The number of alkyl carbamates (subject to hydrolysis) is 1. The van der Waals surface area contributed by atoms with Crippen molar-refractivity contribution in [2.75, 3.05) is 13.2 Å². The van der Waals surface area contributed by atoms with E-state index in [0.29, 0.717) is 25.3 Å². The monoisotopic (exact) mass is 462 g/mol. The molecule has 3 aliphatic rings. The molecule has 5 rings (SSSR count). The average Bonchev–Trinajstić information content (AvgIpc) is 3.62. The van der Waals surface area contributed by atoms with Gasteiger partial charge in [-0.25, -0.2) is 9.59 Å². The summed E-state index contributed by atoms with van der Waals surface area (Å²) in [5.41, 5.74) is 4.55. The third-order valence-electron chi connectivity index (χ3n) is 7.27. The van der Waals surface area contributed by atoms with Crippen LogP contribution in [-0.2, 0) is 14.3 Å². The van der Waals surface area contributed by atoms with Crippen molar-refractivity contribution in [2.24, 2.45) is 5.92 Å². The molecular formula is C27H30N2O5. The second kappa shape index (κ2) is 9.49. The standard InChI is InChI=1S/C27H30N2O5/c30-25(29-14-6-5-11-24(29)26(31)32)23(15-17-12-13-17)28-27(33)34-16-22-20-9-3-1-7-18(20)19-8-2-4-10-21(19)22/h1-4,7-10,17,22-24H,5-6,11-16H2,(H,28,33)(H,31,32)/t23?,24-/m1/s1. The van der Waals surface area contributed by atoms with Gasteiger partial charge in [0.05, 0.1) is 0 Å². The highest BCUT2D eigenvalue weighted by Gasteiger charge is 2.39. The minimum absolute atomic E-state index is 0.0609. The molecule has 2 aromatic carbocycles. The first-order valence-electron chi connectivity index (χ1n) is 12.2. The molecular weight excluding hydrogens is 432 g/mol. The molecule has 0 radical (unpaired) electrons. The van der Waals surface area contributed by atoms with Crippen molar-refractivity contribution in [3.8, 4) is 11.1 Å². The van der Waals surface area contributed by atoms with Crippen molar-refractivity contribution in [1.29, 1.82) is 0 Å². The Morgan fingerprint density at radius 1 is 0.971 bits per heavy atom. The number of piperidine rings is 1. The Hall–Kier alpha value is -3.35. The van der Waals surface area contributed by atoms with Gasteiger partial charge in [-0.15, -0.1) is 0 Å². The molecule has 2 amide bonds. The molecule has 2 aromatic rings. The van der Waals surface area contributed by atoms with E-state index >= 15 is 0 Å². The summed E-state index contributed by atoms with van der Waals surface area (Å²) in [4.78, 5) is 39.2. The molecule has 1 heterocycles. The van der Waals surface area contributed by atoms with E-state index in [1.165, 1.54) is 4.90 Å². The van der Waals surface area contributed by atoms with Crippen LogP contribution in [0.5, 0.6) is 0 Å². The molecule has 2 aliphatic carbocycles. The minimum atomic E-state index is -0.987. The first-order chi connectivity index (χ1) is 16.5. The van der Waals surface area contributed by atoms with E-state index in [9.17, 15) is 19.5 Å². The SMILES string of the molecule is O=C(NC(CC1CC1)C(=O)N1CCCC[C@@H]1C(=O)O)OCC1c2ccccc2-c2ccccc21. The van der Waals surface area contributed by atoms with Gasteiger partial charge in [-0.2, -0.15) is 0 Å². The van der Waals surface area contributed by atoms with E-state index in [1.54, 1.807) is 0 Å². The second-order valence-electron chi connectivity index (χ2n) is 9.58. The highest BCUT2D eigenvalue weighted by Crippen LogP contribution is 2.44. The molecule has 1 aliphatic heterocycles. The molecule has 178 valence electrons. The Labute approximate surface area is 199 Å². The average molecular weight is 463 g/mol. The van der Waals surface area contributed by atoms with Gasteiger partial charge in [0.1, 0.15) is 18.7 Å². The van der Waals surface area contributed by atoms with Crippen molar-refractivity contribution in [3.63, 3.8) is 0 Å². The predicted octanol–water partition coefficient (Wildman–Crippen LogP) is 4.16. The molecule has 34 heavy (non-hydrogen) atoms. The third kappa shape index (κ3) is 4.52. The summed E-state index contributed by atoms with van der Waals surface area (Å²) in [6.07, 6.45) is 3.94. The molecule has 2 atom stereocenters. The zero-order valence-corrected chi connectivity index (χ0v) is 19.1. The van der Waals surface area contributed by atoms with Crippen molar-refractivity contribution < 1.29 is 24.2 Å². The number of carbonyl (C=O) groups is 3. The highest BCUT2D eigenvalue weighted by atomic mass is 16.5. The van der Waals surface area contributed by atoms with E-state index < -0.39 is 24.1 Å². The number of carboxylic acids is 1. The second-order valence-corrected chi connectivity index (χ2v) is 9.58. The number of hydrogen-bond donors (Lipinski definition) is 2. The van der Waals surface area contributed by atoms with E-state index in [4.69, 9.17) is 4.74 Å². The van der Waals surface area contributed by atoms with E-state index in [-0.39, 0.29) is 18.4 Å². The predicted molar refractivity (Wildman–Crippen MR) is 126 cm³/mol. The van der Waals surface area contributed by atoms with Gasteiger partial charge in [0.15, 0.2) is 0 Å². The lowest BCUT2D eigenvalue weighted by Gasteiger charge is -2.35. The number of fused-ring (bicyclic) bond motifs is 3. The number of rotatable bonds is 7. The largest absolute Gasteiger partial charge is 0.480 e. The van der Waals surface area contributed by atoms with Crippen LogP contribution < -0.4 is 5.32 Å². The number of hydrogen-bond acceptors (Lipinski definition) is 4. The first kappa shape index (κ1) is 22.4. The lowest BCUT2D eigenvalue weighted by Crippen LogP contribution is -2.55. The lowest BCUT2D eigenvalue weighted by molar-refractivity contribution is -0.153. The van der Waals surface area contributed by atoms with Crippen molar-refractivity contribution >= 4 is 18.0 Å². The van der Waals surface area contributed by atoms with E-state index in [0.717, 1.165) is 47.9 Å². The Morgan fingerprint density at radius 2 is 1.62 bits per heavy atom. The molecule has 2 fully saturated rings. The third-order valence-corrected chi connectivity index (χ3v) is 7.27. The maximum absolute atomic E-state index is 13.3. The number of amides is 2. The van der Waals surface area contributed by atoms with Crippen LogP contribution in [0.3, 0.4) is 0 Å². The number of carbonyl (C=O) groups excluding carboxylic acids is 2. The van der Waals surface area contributed by atoms with Crippen LogP contribution in [0.2, 0.25) is 0 Å². The maximum atomic E-state index is 13.3. The molecule has 0 bridgehead atoms.